The molecule has 2 bridgehead atoms. The summed E-state index contributed by atoms with van der Waals surface area (Å²) in [5.74, 6) is 1.91. The minimum Gasteiger partial charge on any atom is -0.313 e. The third kappa shape index (κ3) is 2.20. The summed E-state index contributed by atoms with van der Waals surface area (Å²) in [6.07, 6.45) is 11.8. The molecule has 4 rings (SSSR count). The van der Waals surface area contributed by atoms with Gasteiger partial charge in [0.1, 0.15) is 0 Å². The quantitative estimate of drug-likeness (QED) is 0.879. The molecule has 0 saturated heterocycles. The molecule has 1 heterocycles. The second-order valence-electron chi connectivity index (χ2n) is 7.16. The first-order chi connectivity index (χ1) is 9.23. The Bertz CT molecular complexity index is 464. The van der Waals surface area contributed by atoms with Crippen LogP contribution in [0.2, 0.25) is 0 Å². The molecule has 4 heteroatoms. The first-order valence-corrected chi connectivity index (χ1v) is 7.82. The molecule has 104 valence electrons. The van der Waals surface area contributed by atoms with E-state index >= 15 is 0 Å². The Balaban J connectivity index is 1.53. The zero-order valence-electron chi connectivity index (χ0n) is 11.8. The van der Waals surface area contributed by atoms with Crippen molar-refractivity contribution in [3.8, 4) is 0 Å². The van der Waals surface area contributed by atoms with Gasteiger partial charge in [0, 0.05) is 32.3 Å². The first-order valence-electron chi connectivity index (χ1n) is 7.82. The standard InChI is InChI=1S/C15H24N4/c1-19-9-14(17-18-19)8-15(10-16-13-4-5-13)7-11-2-3-12(15)6-11/h9,11-13,16H,2-8,10H2,1H3. The van der Waals surface area contributed by atoms with Gasteiger partial charge in [-0.25, -0.2) is 0 Å². The topological polar surface area (TPSA) is 42.7 Å². The molecular weight excluding hydrogens is 236 g/mol. The molecular formula is C15H24N4. The van der Waals surface area contributed by atoms with Gasteiger partial charge in [0.05, 0.1) is 5.69 Å². The molecule has 1 N–H and O–H groups in total. The van der Waals surface area contributed by atoms with Crippen molar-refractivity contribution < 1.29 is 0 Å². The van der Waals surface area contributed by atoms with E-state index in [1.807, 2.05) is 11.7 Å². The normalized spacial score (nSPS) is 37.1. The molecule has 1 aromatic rings. The van der Waals surface area contributed by atoms with Crippen LogP contribution in [0.1, 0.15) is 44.2 Å². The van der Waals surface area contributed by atoms with E-state index in [0.717, 1.165) is 24.3 Å². The highest BCUT2D eigenvalue weighted by molar-refractivity contribution is 5.09. The number of hydrogen-bond acceptors (Lipinski definition) is 3. The lowest BCUT2D eigenvalue weighted by atomic mass is 9.70. The van der Waals surface area contributed by atoms with Crippen molar-refractivity contribution in [1.82, 2.24) is 20.3 Å². The Morgan fingerprint density at radius 3 is 2.84 bits per heavy atom. The van der Waals surface area contributed by atoms with Crippen molar-refractivity contribution in [3.63, 3.8) is 0 Å². The summed E-state index contributed by atoms with van der Waals surface area (Å²) < 4.78 is 1.84. The lowest BCUT2D eigenvalue weighted by molar-refractivity contribution is 0.154. The Morgan fingerprint density at radius 1 is 1.37 bits per heavy atom. The molecule has 0 aliphatic heterocycles. The average Bonchev–Trinajstić information content (AvgIpc) is 2.80. The van der Waals surface area contributed by atoms with E-state index in [2.05, 4.69) is 21.8 Å². The van der Waals surface area contributed by atoms with Crippen molar-refractivity contribution in [2.24, 2.45) is 24.3 Å². The molecule has 0 amide bonds. The molecule has 3 saturated carbocycles. The third-order valence-corrected chi connectivity index (χ3v) is 5.61. The zero-order valence-corrected chi connectivity index (χ0v) is 11.8. The van der Waals surface area contributed by atoms with Crippen LogP contribution in [0.3, 0.4) is 0 Å². The summed E-state index contributed by atoms with van der Waals surface area (Å²) in [6.45, 7) is 1.20. The number of nitrogens with zero attached hydrogens (tertiary/aromatic N) is 3. The molecule has 3 aliphatic carbocycles. The van der Waals surface area contributed by atoms with Crippen LogP contribution in [0.4, 0.5) is 0 Å². The maximum Gasteiger partial charge on any atom is 0.0833 e. The van der Waals surface area contributed by atoms with Gasteiger partial charge in [-0.05, 0) is 49.4 Å². The number of aromatic nitrogens is 3. The maximum atomic E-state index is 4.34. The molecule has 3 atom stereocenters. The molecule has 0 radical (unpaired) electrons. The fraction of sp³-hybridized carbons (Fsp3) is 0.867. The highest BCUT2D eigenvalue weighted by atomic mass is 15.4. The molecule has 0 aromatic carbocycles. The van der Waals surface area contributed by atoms with Gasteiger partial charge in [-0.3, -0.25) is 4.68 Å². The largest absolute Gasteiger partial charge is 0.313 e. The monoisotopic (exact) mass is 260 g/mol. The van der Waals surface area contributed by atoms with Gasteiger partial charge in [-0.1, -0.05) is 11.6 Å². The van der Waals surface area contributed by atoms with Crippen LogP contribution >= 0.6 is 0 Å². The lowest BCUT2D eigenvalue weighted by Gasteiger charge is -2.37. The Kier molecular flexibility index (Phi) is 2.69. The third-order valence-electron chi connectivity index (χ3n) is 5.61. The maximum absolute atomic E-state index is 4.34. The van der Waals surface area contributed by atoms with E-state index in [0.29, 0.717) is 5.41 Å². The molecule has 1 aromatic heterocycles. The Labute approximate surface area is 115 Å². The summed E-state index contributed by atoms with van der Waals surface area (Å²) in [4.78, 5) is 0. The predicted molar refractivity (Wildman–Crippen MR) is 73.6 cm³/mol. The van der Waals surface area contributed by atoms with Gasteiger partial charge in [0.25, 0.3) is 0 Å². The van der Waals surface area contributed by atoms with Crippen molar-refractivity contribution in [2.75, 3.05) is 6.54 Å². The van der Waals surface area contributed by atoms with Gasteiger partial charge in [0.2, 0.25) is 0 Å². The summed E-state index contributed by atoms with van der Waals surface area (Å²) in [5.41, 5.74) is 1.66. The van der Waals surface area contributed by atoms with Crippen LogP contribution in [0.15, 0.2) is 6.20 Å². The lowest BCUT2D eigenvalue weighted by Crippen LogP contribution is -2.41. The number of rotatable bonds is 5. The second-order valence-corrected chi connectivity index (χ2v) is 7.16. The fourth-order valence-electron chi connectivity index (χ4n) is 4.53. The van der Waals surface area contributed by atoms with Crippen LogP contribution in [-0.2, 0) is 13.5 Å². The highest BCUT2D eigenvalue weighted by Gasteiger charge is 2.51. The second kappa shape index (κ2) is 4.30. The van der Waals surface area contributed by atoms with E-state index in [4.69, 9.17) is 0 Å². The predicted octanol–water partition coefficient (Wildman–Crippen LogP) is 1.92. The highest BCUT2D eigenvalue weighted by Crippen LogP contribution is 2.57. The minimum atomic E-state index is 0.474. The van der Waals surface area contributed by atoms with Crippen LogP contribution < -0.4 is 5.32 Å². The van der Waals surface area contributed by atoms with Gasteiger partial charge in [-0.15, -0.1) is 5.10 Å². The molecule has 3 fully saturated rings. The first kappa shape index (κ1) is 11.9. The van der Waals surface area contributed by atoms with Gasteiger partial charge in [-0.2, -0.15) is 0 Å². The smallest absolute Gasteiger partial charge is 0.0833 e. The van der Waals surface area contributed by atoms with E-state index < -0.39 is 0 Å². The van der Waals surface area contributed by atoms with Crippen molar-refractivity contribution in [1.29, 1.82) is 0 Å². The van der Waals surface area contributed by atoms with Crippen molar-refractivity contribution in [3.05, 3.63) is 11.9 Å². The summed E-state index contributed by atoms with van der Waals surface area (Å²) in [7, 11) is 1.96. The van der Waals surface area contributed by atoms with Gasteiger partial charge < -0.3 is 5.32 Å². The van der Waals surface area contributed by atoms with Gasteiger partial charge >= 0.3 is 0 Å². The Morgan fingerprint density at radius 2 is 2.26 bits per heavy atom. The van der Waals surface area contributed by atoms with Crippen LogP contribution in [0, 0.1) is 17.3 Å². The van der Waals surface area contributed by atoms with Crippen LogP contribution in [0.5, 0.6) is 0 Å². The summed E-state index contributed by atoms with van der Waals surface area (Å²) in [5, 5.41) is 12.2. The Hall–Kier alpha value is -0.900. The number of aryl methyl sites for hydroxylation is 1. The number of fused-ring (bicyclic) bond motifs is 2. The summed E-state index contributed by atoms with van der Waals surface area (Å²) >= 11 is 0. The van der Waals surface area contributed by atoms with E-state index in [1.165, 1.54) is 50.8 Å². The molecule has 4 nitrogen and oxygen atoms in total. The number of hydrogen-bond donors (Lipinski definition) is 1. The number of nitrogens with one attached hydrogen (secondary N) is 1. The molecule has 0 spiro atoms. The summed E-state index contributed by atoms with van der Waals surface area (Å²) in [6, 6.07) is 0.817. The van der Waals surface area contributed by atoms with E-state index in [1.54, 1.807) is 0 Å². The molecule has 3 aliphatic rings. The van der Waals surface area contributed by atoms with E-state index in [-0.39, 0.29) is 0 Å². The van der Waals surface area contributed by atoms with E-state index in [9.17, 15) is 0 Å². The van der Waals surface area contributed by atoms with Crippen molar-refractivity contribution >= 4 is 0 Å². The SMILES string of the molecule is Cn1cc(CC2(CNC3CC3)CC3CCC2C3)nn1. The van der Waals surface area contributed by atoms with Crippen LogP contribution in [0.25, 0.3) is 0 Å². The molecule has 19 heavy (non-hydrogen) atoms. The average molecular weight is 260 g/mol. The fourth-order valence-corrected chi connectivity index (χ4v) is 4.53. The van der Waals surface area contributed by atoms with Crippen molar-refractivity contribution in [2.45, 2.75) is 51.0 Å². The minimum absolute atomic E-state index is 0.474. The molecule has 3 unspecified atom stereocenters. The zero-order chi connectivity index (χ0) is 12.9. The van der Waals surface area contributed by atoms with Crippen LogP contribution in [-0.4, -0.2) is 27.6 Å². The van der Waals surface area contributed by atoms with Gasteiger partial charge in [0.15, 0.2) is 0 Å².